The van der Waals surface area contributed by atoms with Gasteiger partial charge in [-0.15, -0.1) is 11.3 Å². The summed E-state index contributed by atoms with van der Waals surface area (Å²) < 4.78 is 0. The second-order valence-corrected chi connectivity index (χ2v) is 7.90. The summed E-state index contributed by atoms with van der Waals surface area (Å²) in [7, 11) is 0. The molecule has 2 fully saturated rings. The van der Waals surface area contributed by atoms with E-state index in [0.717, 1.165) is 16.1 Å². The van der Waals surface area contributed by atoms with Crippen LogP contribution in [0, 0.1) is 5.92 Å². The minimum atomic E-state index is -0.788. The Bertz CT molecular complexity index is 991. The van der Waals surface area contributed by atoms with Gasteiger partial charge in [0.15, 0.2) is 6.10 Å². The van der Waals surface area contributed by atoms with Gasteiger partial charge in [-0.3, -0.25) is 19.3 Å². The van der Waals surface area contributed by atoms with Crippen molar-refractivity contribution in [3.8, 4) is 0 Å². The molecule has 6 heteroatoms. The summed E-state index contributed by atoms with van der Waals surface area (Å²) in [6.07, 6.45) is -0.788. The van der Waals surface area contributed by atoms with Crippen molar-refractivity contribution in [2.75, 3.05) is 5.06 Å². The number of hydrogen-bond donors (Lipinski definition) is 0. The maximum atomic E-state index is 13.3. The molecular formula is C22H18N2O3S. The van der Waals surface area contributed by atoms with Gasteiger partial charge in [0.2, 0.25) is 5.91 Å². The number of likely N-dealkylation sites (tertiary alicyclic amines) is 1. The third-order valence-electron chi connectivity index (χ3n) is 5.24. The predicted octanol–water partition coefficient (Wildman–Crippen LogP) is 3.79. The van der Waals surface area contributed by atoms with Gasteiger partial charge < -0.3 is 0 Å². The van der Waals surface area contributed by atoms with Crippen molar-refractivity contribution in [1.82, 2.24) is 4.90 Å². The zero-order valence-electron chi connectivity index (χ0n) is 15.0. The van der Waals surface area contributed by atoms with E-state index in [2.05, 4.69) is 0 Å². The lowest BCUT2D eigenvalue weighted by Gasteiger charge is -2.27. The van der Waals surface area contributed by atoms with Crippen LogP contribution in [0.4, 0.5) is 5.69 Å². The van der Waals surface area contributed by atoms with E-state index >= 15 is 0 Å². The highest BCUT2D eigenvalue weighted by atomic mass is 32.1. The second kappa shape index (κ2) is 6.89. The molecule has 1 aromatic heterocycles. The van der Waals surface area contributed by atoms with Gasteiger partial charge in [0.05, 0.1) is 12.2 Å². The molecule has 0 unspecified atom stereocenters. The molecule has 3 heterocycles. The summed E-state index contributed by atoms with van der Waals surface area (Å²) in [6, 6.07) is 22.8. The highest BCUT2D eigenvalue weighted by Crippen LogP contribution is 2.47. The first kappa shape index (κ1) is 17.2. The van der Waals surface area contributed by atoms with Crippen LogP contribution in [0.1, 0.15) is 16.5 Å². The lowest BCUT2D eigenvalue weighted by Crippen LogP contribution is -2.36. The number of amides is 2. The zero-order valence-corrected chi connectivity index (χ0v) is 15.8. The van der Waals surface area contributed by atoms with Crippen LogP contribution in [0.5, 0.6) is 0 Å². The van der Waals surface area contributed by atoms with Crippen LogP contribution in [0.2, 0.25) is 0 Å². The fourth-order valence-corrected chi connectivity index (χ4v) is 4.79. The molecule has 3 aromatic rings. The summed E-state index contributed by atoms with van der Waals surface area (Å²) in [5.41, 5.74) is 1.77. The van der Waals surface area contributed by atoms with Gasteiger partial charge in [-0.25, -0.2) is 5.06 Å². The molecule has 0 aliphatic carbocycles. The summed E-state index contributed by atoms with van der Waals surface area (Å²) >= 11 is 1.57. The van der Waals surface area contributed by atoms with Gasteiger partial charge in [0.1, 0.15) is 12.0 Å². The van der Waals surface area contributed by atoms with Crippen molar-refractivity contribution in [3.63, 3.8) is 0 Å². The Morgan fingerprint density at radius 3 is 2.25 bits per heavy atom. The Labute approximate surface area is 166 Å². The topological polar surface area (TPSA) is 49.9 Å². The maximum absolute atomic E-state index is 13.3. The number of carbonyl (C=O) groups is 2. The molecule has 0 spiro atoms. The fraction of sp³-hybridized carbons (Fsp3) is 0.182. The first-order valence-corrected chi connectivity index (χ1v) is 10.1. The monoisotopic (exact) mass is 390 g/mol. The molecule has 5 nitrogen and oxygen atoms in total. The highest BCUT2D eigenvalue weighted by Gasteiger charge is 2.60. The van der Waals surface area contributed by atoms with Crippen molar-refractivity contribution in [2.24, 2.45) is 5.92 Å². The van der Waals surface area contributed by atoms with Crippen LogP contribution in [-0.4, -0.2) is 22.8 Å². The van der Waals surface area contributed by atoms with Gasteiger partial charge in [0, 0.05) is 4.88 Å². The SMILES string of the molecule is O=C1[C@H]2[C@@H](ON(c3ccccc3)[C@H]2c2cccs2)C(=O)N1Cc1ccccc1. The highest BCUT2D eigenvalue weighted by molar-refractivity contribution is 7.10. The lowest BCUT2D eigenvalue weighted by molar-refractivity contribution is -0.143. The number of rotatable bonds is 4. The van der Waals surface area contributed by atoms with Crippen LogP contribution in [0.15, 0.2) is 78.2 Å². The molecule has 28 heavy (non-hydrogen) atoms. The van der Waals surface area contributed by atoms with Crippen molar-refractivity contribution in [1.29, 1.82) is 0 Å². The van der Waals surface area contributed by atoms with Crippen molar-refractivity contribution >= 4 is 28.8 Å². The van der Waals surface area contributed by atoms with Crippen molar-refractivity contribution in [3.05, 3.63) is 88.6 Å². The van der Waals surface area contributed by atoms with E-state index in [9.17, 15) is 9.59 Å². The number of nitrogens with zero attached hydrogens (tertiary/aromatic N) is 2. The molecule has 2 aliphatic heterocycles. The summed E-state index contributed by atoms with van der Waals surface area (Å²) in [6.45, 7) is 0.275. The Morgan fingerprint density at radius 2 is 1.57 bits per heavy atom. The molecule has 0 N–H and O–H groups in total. The number of hydrogen-bond acceptors (Lipinski definition) is 5. The molecule has 2 amide bonds. The molecule has 2 aliphatic rings. The molecule has 0 radical (unpaired) electrons. The largest absolute Gasteiger partial charge is 0.275 e. The van der Waals surface area contributed by atoms with Gasteiger partial charge in [-0.05, 0) is 29.1 Å². The number of hydroxylamine groups is 1. The zero-order chi connectivity index (χ0) is 19.1. The van der Waals surface area contributed by atoms with Gasteiger partial charge in [0.25, 0.3) is 5.91 Å². The van der Waals surface area contributed by atoms with Crippen LogP contribution in [0.3, 0.4) is 0 Å². The third-order valence-corrected chi connectivity index (χ3v) is 6.18. The molecular weight excluding hydrogens is 372 g/mol. The smallest absolute Gasteiger partial charge is 0.262 e. The molecule has 5 rings (SSSR count). The van der Waals surface area contributed by atoms with Crippen LogP contribution in [-0.2, 0) is 21.0 Å². The minimum absolute atomic E-state index is 0.171. The van der Waals surface area contributed by atoms with Gasteiger partial charge in [-0.2, -0.15) is 0 Å². The van der Waals surface area contributed by atoms with E-state index in [1.54, 1.807) is 16.4 Å². The first-order valence-electron chi connectivity index (χ1n) is 9.17. The molecule has 2 aromatic carbocycles. The summed E-state index contributed by atoms with van der Waals surface area (Å²) in [4.78, 5) is 34.8. The summed E-state index contributed by atoms with van der Waals surface area (Å²) in [5, 5.41) is 3.71. The quantitative estimate of drug-likeness (QED) is 0.636. The summed E-state index contributed by atoms with van der Waals surface area (Å²) in [5.74, 6) is -0.982. The lowest BCUT2D eigenvalue weighted by atomic mass is 9.95. The molecule has 0 bridgehead atoms. The minimum Gasteiger partial charge on any atom is -0.275 e. The number of anilines is 1. The normalized spacial score (nSPS) is 24.1. The van der Waals surface area contributed by atoms with E-state index in [4.69, 9.17) is 4.84 Å². The molecule has 3 atom stereocenters. The van der Waals surface area contributed by atoms with Gasteiger partial charge in [-0.1, -0.05) is 54.6 Å². The standard InChI is InChI=1S/C22H18N2O3S/c25-21-18-19(17-12-7-13-28-17)24(16-10-5-2-6-11-16)27-20(18)22(26)23(21)14-15-8-3-1-4-9-15/h1-13,18-20H,14H2/t18-,19+,20-/m1/s1. The van der Waals surface area contributed by atoms with E-state index in [1.165, 1.54) is 4.90 Å². The molecule has 0 saturated carbocycles. The average molecular weight is 390 g/mol. The number of benzene rings is 2. The van der Waals surface area contributed by atoms with Crippen LogP contribution in [0.25, 0.3) is 0 Å². The first-order chi connectivity index (χ1) is 13.7. The van der Waals surface area contributed by atoms with E-state index in [0.29, 0.717) is 0 Å². The number of fused-ring (bicyclic) bond motifs is 1. The Hall–Kier alpha value is -2.96. The van der Waals surface area contributed by atoms with E-state index in [1.807, 2.05) is 78.2 Å². The number of thiophene rings is 1. The Kier molecular flexibility index (Phi) is 4.22. The Balaban J connectivity index is 1.50. The van der Waals surface area contributed by atoms with E-state index < -0.39 is 12.0 Å². The molecule has 2 saturated heterocycles. The second-order valence-electron chi connectivity index (χ2n) is 6.92. The average Bonchev–Trinajstić information content (AvgIpc) is 3.44. The number of imide groups is 1. The molecule has 140 valence electrons. The predicted molar refractivity (Wildman–Crippen MR) is 106 cm³/mol. The Morgan fingerprint density at radius 1 is 0.857 bits per heavy atom. The van der Waals surface area contributed by atoms with E-state index in [-0.39, 0.29) is 24.4 Å². The number of para-hydroxylation sites is 1. The van der Waals surface area contributed by atoms with Crippen molar-refractivity contribution < 1.29 is 14.4 Å². The van der Waals surface area contributed by atoms with Crippen LogP contribution >= 0.6 is 11.3 Å². The van der Waals surface area contributed by atoms with Crippen LogP contribution < -0.4 is 5.06 Å². The fourth-order valence-electron chi connectivity index (χ4n) is 3.94. The number of carbonyl (C=O) groups excluding carboxylic acids is 2. The third kappa shape index (κ3) is 2.73. The van der Waals surface area contributed by atoms with Crippen molar-refractivity contribution in [2.45, 2.75) is 18.7 Å². The maximum Gasteiger partial charge on any atom is 0.262 e. The van der Waals surface area contributed by atoms with Gasteiger partial charge >= 0.3 is 0 Å².